The van der Waals surface area contributed by atoms with Gasteiger partial charge in [0.1, 0.15) is 11.6 Å². The number of hydrogen-bond donors (Lipinski definition) is 0. The molecule has 0 aliphatic carbocycles. The van der Waals surface area contributed by atoms with Gasteiger partial charge in [-0.05, 0) is 25.5 Å². The first kappa shape index (κ1) is 20.1. The number of carbonyl (C=O) groups excluding carboxylic acids is 3. The lowest BCUT2D eigenvalue weighted by atomic mass is 9.75. The summed E-state index contributed by atoms with van der Waals surface area (Å²) in [6, 6.07) is 4.86. The molecule has 0 bridgehead atoms. The van der Waals surface area contributed by atoms with E-state index in [1.165, 1.54) is 7.11 Å². The maximum atomic E-state index is 12.6. The van der Waals surface area contributed by atoms with Gasteiger partial charge in [0.25, 0.3) is 0 Å². The maximum Gasteiger partial charge on any atom is 0.336 e. The van der Waals surface area contributed by atoms with E-state index in [0.717, 1.165) is 0 Å². The number of aliphatic imine (C=N–C) groups is 1. The molecule has 1 aromatic carbocycles. The van der Waals surface area contributed by atoms with Crippen LogP contribution in [0.15, 0.2) is 34.5 Å². The summed E-state index contributed by atoms with van der Waals surface area (Å²) in [6.45, 7) is 3.41. The Bertz CT molecular complexity index is 816. The van der Waals surface area contributed by atoms with E-state index in [2.05, 4.69) is 4.99 Å². The lowest BCUT2D eigenvalue weighted by Gasteiger charge is -2.31. The van der Waals surface area contributed by atoms with E-state index in [1.807, 2.05) is 0 Å². The van der Waals surface area contributed by atoms with Crippen LogP contribution in [0.2, 0.25) is 10.0 Å². The SMILES string of the molecule is CCOC(=O)C1C(C)=NC(C=O)=C(C(=O)OC)C1c1cccc(Cl)c1Cl. The molecule has 1 aliphatic heterocycles. The quantitative estimate of drug-likeness (QED) is 0.561. The van der Waals surface area contributed by atoms with Crippen molar-refractivity contribution in [1.82, 2.24) is 0 Å². The number of rotatable bonds is 5. The molecule has 0 amide bonds. The van der Waals surface area contributed by atoms with Crippen LogP contribution in [0.25, 0.3) is 0 Å². The van der Waals surface area contributed by atoms with Gasteiger partial charge in [0.15, 0.2) is 6.29 Å². The fourth-order valence-electron chi connectivity index (χ4n) is 2.95. The van der Waals surface area contributed by atoms with Crippen molar-refractivity contribution in [3.63, 3.8) is 0 Å². The van der Waals surface area contributed by atoms with Crippen molar-refractivity contribution in [1.29, 1.82) is 0 Å². The van der Waals surface area contributed by atoms with Crippen molar-refractivity contribution < 1.29 is 23.9 Å². The molecule has 0 N–H and O–H groups in total. The maximum absolute atomic E-state index is 12.6. The number of carbonyl (C=O) groups is 3. The molecule has 0 saturated carbocycles. The zero-order valence-corrected chi connectivity index (χ0v) is 15.9. The smallest absolute Gasteiger partial charge is 0.336 e. The number of ether oxygens (including phenoxy) is 2. The molecular weight excluding hydrogens is 381 g/mol. The van der Waals surface area contributed by atoms with Crippen LogP contribution in [-0.2, 0) is 23.9 Å². The first-order valence-electron chi connectivity index (χ1n) is 7.80. The predicted octanol–water partition coefficient (Wildman–Crippen LogP) is 3.36. The van der Waals surface area contributed by atoms with Gasteiger partial charge in [-0.15, -0.1) is 0 Å². The van der Waals surface area contributed by atoms with E-state index in [1.54, 1.807) is 32.0 Å². The number of aldehydes is 1. The highest BCUT2D eigenvalue weighted by molar-refractivity contribution is 6.42. The van der Waals surface area contributed by atoms with Gasteiger partial charge in [-0.3, -0.25) is 14.6 Å². The summed E-state index contributed by atoms with van der Waals surface area (Å²) < 4.78 is 9.96. The topological polar surface area (TPSA) is 82.0 Å². The second-order valence-corrected chi connectivity index (χ2v) is 6.30. The van der Waals surface area contributed by atoms with Crippen LogP contribution in [-0.4, -0.2) is 37.7 Å². The zero-order chi connectivity index (χ0) is 19.4. The molecule has 0 fully saturated rings. The number of allylic oxidation sites excluding steroid dienone is 1. The first-order valence-corrected chi connectivity index (χ1v) is 8.56. The first-order chi connectivity index (χ1) is 12.4. The number of hydrogen-bond acceptors (Lipinski definition) is 6. The highest BCUT2D eigenvalue weighted by Gasteiger charge is 2.44. The van der Waals surface area contributed by atoms with Gasteiger partial charge in [0, 0.05) is 11.6 Å². The molecule has 8 heteroatoms. The molecule has 0 aromatic heterocycles. The Balaban J connectivity index is 2.78. The molecule has 2 rings (SSSR count). The molecule has 1 aliphatic rings. The highest BCUT2D eigenvalue weighted by Crippen LogP contribution is 2.43. The standard InChI is InChI=1S/C18H17Cl2NO5/c1-4-26-18(24)13-9(2)21-12(8-22)15(17(23)25-3)14(13)10-6-5-7-11(19)16(10)20/h5-8,13-14H,4H2,1-3H3. The molecule has 26 heavy (non-hydrogen) atoms. The van der Waals surface area contributed by atoms with Crippen LogP contribution in [0.5, 0.6) is 0 Å². The van der Waals surface area contributed by atoms with Gasteiger partial charge in [0.05, 0.1) is 29.3 Å². The normalized spacial score (nSPS) is 19.7. The monoisotopic (exact) mass is 397 g/mol. The second kappa shape index (κ2) is 8.47. The third-order valence-corrected chi connectivity index (χ3v) is 4.87. The summed E-state index contributed by atoms with van der Waals surface area (Å²) in [5.41, 5.74) is 0.566. The van der Waals surface area contributed by atoms with Crippen LogP contribution in [0.1, 0.15) is 25.3 Å². The summed E-state index contributed by atoms with van der Waals surface area (Å²) in [7, 11) is 1.18. The van der Waals surface area contributed by atoms with Crippen molar-refractivity contribution in [3.05, 3.63) is 45.1 Å². The molecule has 0 radical (unpaired) electrons. The van der Waals surface area contributed by atoms with Crippen LogP contribution in [0.3, 0.4) is 0 Å². The van der Waals surface area contributed by atoms with Crippen molar-refractivity contribution in [3.8, 4) is 0 Å². The third kappa shape index (κ3) is 3.66. The molecule has 1 aromatic rings. The summed E-state index contributed by atoms with van der Waals surface area (Å²) >= 11 is 12.4. The minimum atomic E-state index is -0.941. The summed E-state index contributed by atoms with van der Waals surface area (Å²) in [6.07, 6.45) is 0.447. The predicted molar refractivity (Wildman–Crippen MR) is 97.5 cm³/mol. The number of esters is 2. The summed E-state index contributed by atoms with van der Waals surface area (Å²) in [5.74, 6) is -3.21. The molecule has 138 valence electrons. The molecule has 2 atom stereocenters. The minimum absolute atomic E-state index is 0.0599. The Hall–Kier alpha value is -2.18. The van der Waals surface area contributed by atoms with Crippen LogP contribution >= 0.6 is 23.2 Å². The van der Waals surface area contributed by atoms with Gasteiger partial charge >= 0.3 is 11.9 Å². The minimum Gasteiger partial charge on any atom is -0.466 e. The largest absolute Gasteiger partial charge is 0.466 e. The molecule has 1 heterocycles. The molecule has 0 saturated heterocycles. The molecule has 6 nitrogen and oxygen atoms in total. The molecular formula is C18H17Cl2NO5. The molecule has 2 unspecified atom stereocenters. The lowest BCUT2D eigenvalue weighted by Crippen LogP contribution is -2.37. The Morgan fingerprint density at radius 2 is 2.00 bits per heavy atom. The summed E-state index contributed by atoms with van der Waals surface area (Å²) in [4.78, 5) is 40.6. The van der Waals surface area contributed by atoms with E-state index in [4.69, 9.17) is 32.7 Å². The van der Waals surface area contributed by atoms with Crippen molar-refractivity contribution in [2.24, 2.45) is 10.9 Å². The fraction of sp³-hybridized carbons (Fsp3) is 0.333. The number of halogens is 2. The number of nitrogens with zero attached hydrogens (tertiary/aromatic N) is 1. The summed E-state index contributed by atoms with van der Waals surface area (Å²) in [5, 5.41) is 0.429. The number of benzene rings is 1. The average molecular weight is 398 g/mol. The van der Waals surface area contributed by atoms with Crippen molar-refractivity contribution in [2.45, 2.75) is 19.8 Å². The van der Waals surface area contributed by atoms with Gasteiger partial charge in [-0.1, -0.05) is 35.3 Å². The second-order valence-electron chi connectivity index (χ2n) is 5.51. The third-order valence-electron chi connectivity index (χ3n) is 4.04. The molecule has 0 spiro atoms. The Labute approximate surface area is 160 Å². The van der Waals surface area contributed by atoms with Gasteiger partial charge in [-0.2, -0.15) is 0 Å². The van der Waals surface area contributed by atoms with Crippen LogP contribution in [0, 0.1) is 5.92 Å². The fourth-order valence-corrected chi connectivity index (χ4v) is 3.38. The average Bonchev–Trinajstić information content (AvgIpc) is 2.62. The van der Waals surface area contributed by atoms with Gasteiger partial charge in [-0.25, -0.2) is 4.79 Å². The zero-order valence-electron chi connectivity index (χ0n) is 14.4. The van der Waals surface area contributed by atoms with Crippen molar-refractivity contribution >= 4 is 47.1 Å². The van der Waals surface area contributed by atoms with Gasteiger partial charge < -0.3 is 9.47 Å². The van der Waals surface area contributed by atoms with Crippen molar-refractivity contribution in [2.75, 3.05) is 13.7 Å². The van der Waals surface area contributed by atoms with E-state index >= 15 is 0 Å². The van der Waals surface area contributed by atoms with E-state index in [0.29, 0.717) is 17.6 Å². The highest BCUT2D eigenvalue weighted by atomic mass is 35.5. The Morgan fingerprint density at radius 3 is 2.58 bits per heavy atom. The van der Waals surface area contributed by atoms with E-state index < -0.39 is 23.8 Å². The van der Waals surface area contributed by atoms with Crippen LogP contribution < -0.4 is 0 Å². The van der Waals surface area contributed by atoms with E-state index in [-0.39, 0.29) is 27.9 Å². The number of methoxy groups -OCH3 is 1. The Kier molecular flexibility index (Phi) is 6.56. The van der Waals surface area contributed by atoms with Crippen LogP contribution in [0.4, 0.5) is 0 Å². The van der Waals surface area contributed by atoms with E-state index in [9.17, 15) is 14.4 Å². The van der Waals surface area contributed by atoms with Gasteiger partial charge in [0.2, 0.25) is 0 Å². The lowest BCUT2D eigenvalue weighted by molar-refractivity contribution is -0.146. The Morgan fingerprint density at radius 1 is 1.31 bits per heavy atom.